The van der Waals surface area contributed by atoms with Crippen molar-refractivity contribution in [2.75, 3.05) is 25.6 Å². The van der Waals surface area contributed by atoms with Gasteiger partial charge < -0.3 is 21.9 Å². The van der Waals surface area contributed by atoms with E-state index in [1.54, 1.807) is 18.8 Å². The Morgan fingerprint density at radius 3 is 2.64 bits per heavy atom. The molecule has 0 aromatic carbocycles. The Hall–Kier alpha value is 0.250. The molecule has 0 bridgehead atoms. The van der Waals surface area contributed by atoms with Crippen LogP contribution in [0, 0.1) is 0 Å². The van der Waals surface area contributed by atoms with Crippen molar-refractivity contribution in [1.29, 1.82) is 0 Å². The molecule has 82 valence electrons. The van der Waals surface area contributed by atoms with Gasteiger partial charge in [0.15, 0.2) is 15.0 Å². The monoisotopic (exact) mass is 299 g/mol. The summed E-state index contributed by atoms with van der Waals surface area (Å²) in [6.45, 7) is 0. The number of sulfone groups is 1. The molecule has 7 heteroatoms. The van der Waals surface area contributed by atoms with E-state index in [1.165, 1.54) is 0 Å². The van der Waals surface area contributed by atoms with E-state index < -0.39 is 9.84 Å². The van der Waals surface area contributed by atoms with Crippen molar-refractivity contribution in [1.82, 2.24) is 4.90 Å². The van der Waals surface area contributed by atoms with Crippen LogP contribution in [0.25, 0.3) is 0 Å². The standard InChI is InChI=1S/C7H12N2O2S2.BrH/c1-8-7-9(2)5-3-13(10,11)4-6(5)12-7;/h5-6H,3-4H2,1-2H3;1H/p-1/t5-,6+;/m0./s1. The lowest BCUT2D eigenvalue weighted by Crippen LogP contribution is -3.00. The molecule has 0 unspecified atom stereocenters. The van der Waals surface area contributed by atoms with Gasteiger partial charge in [0, 0.05) is 19.3 Å². The second-order valence-electron chi connectivity index (χ2n) is 3.42. The Labute approximate surface area is 98.8 Å². The van der Waals surface area contributed by atoms with E-state index in [-0.39, 0.29) is 28.3 Å². The van der Waals surface area contributed by atoms with Crippen molar-refractivity contribution in [3.63, 3.8) is 0 Å². The second-order valence-corrected chi connectivity index (χ2v) is 6.78. The van der Waals surface area contributed by atoms with Crippen molar-refractivity contribution in [2.24, 2.45) is 4.99 Å². The summed E-state index contributed by atoms with van der Waals surface area (Å²) < 4.78 is 22.6. The van der Waals surface area contributed by atoms with Crippen molar-refractivity contribution >= 4 is 26.8 Å². The van der Waals surface area contributed by atoms with Crippen LogP contribution in [0.5, 0.6) is 0 Å². The number of halogens is 1. The first-order chi connectivity index (χ1) is 6.03. The number of thioether (sulfide) groups is 1. The van der Waals surface area contributed by atoms with Gasteiger partial charge in [0.05, 0.1) is 17.5 Å². The number of amidine groups is 1. The molecule has 0 spiro atoms. The molecule has 2 aliphatic heterocycles. The van der Waals surface area contributed by atoms with Gasteiger partial charge in [-0.25, -0.2) is 8.42 Å². The molecule has 0 aromatic rings. The summed E-state index contributed by atoms with van der Waals surface area (Å²) in [7, 11) is 0.874. The molecule has 2 atom stereocenters. The van der Waals surface area contributed by atoms with E-state index in [0.717, 1.165) is 5.17 Å². The lowest BCUT2D eigenvalue weighted by molar-refractivity contribution is -0.00000514. The van der Waals surface area contributed by atoms with Crippen LogP contribution in [-0.2, 0) is 9.84 Å². The fourth-order valence-corrected chi connectivity index (χ4v) is 5.81. The first-order valence-electron chi connectivity index (χ1n) is 4.10. The Kier molecular flexibility index (Phi) is 3.53. The molecule has 2 aliphatic rings. The molecule has 0 aliphatic carbocycles. The maximum Gasteiger partial charge on any atom is 0.159 e. The van der Waals surface area contributed by atoms with Crippen molar-refractivity contribution in [2.45, 2.75) is 11.3 Å². The highest BCUT2D eigenvalue weighted by atomic mass is 79.9. The summed E-state index contributed by atoms with van der Waals surface area (Å²) in [6, 6.07) is 0.147. The van der Waals surface area contributed by atoms with E-state index in [1.807, 2.05) is 11.9 Å². The van der Waals surface area contributed by atoms with Gasteiger partial charge in [-0.3, -0.25) is 4.99 Å². The third kappa shape index (κ3) is 1.94. The quantitative estimate of drug-likeness (QED) is 0.473. The van der Waals surface area contributed by atoms with Crippen LogP contribution >= 0.6 is 11.8 Å². The predicted molar refractivity (Wildman–Crippen MR) is 54.9 cm³/mol. The van der Waals surface area contributed by atoms with Crippen LogP contribution in [0.15, 0.2) is 4.99 Å². The summed E-state index contributed by atoms with van der Waals surface area (Å²) in [5.41, 5.74) is 0. The Bertz CT molecular complexity index is 355. The minimum atomic E-state index is -2.79. The van der Waals surface area contributed by atoms with Crippen LogP contribution in [0.2, 0.25) is 0 Å². The Morgan fingerprint density at radius 2 is 2.14 bits per heavy atom. The molecule has 0 N–H and O–H groups in total. The van der Waals surface area contributed by atoms with Gasteiger partial charge in [-0.15, -0.1) is 0 Å². The van der Waals surface area contributed by atoms with Crippen LogP contribution in [0.4, 0.5) is 0 Å². The second kappa shape index (κ2) is 4.02. The molecule has 14 heavy (non-hydrogen) atoms. The minimum absolute atomic E-state index is 0. The van der Waals surface area contributed by atoms with Gasteiger partial charge in [0.25, 0.3) is 0 Å². The molecule has 0 amide bonds. The number of nitrogens with zero attached hydrogens (tertiary/aromatic N) is 2. The number of hydrogen-bond acceptors (Lipinski definition) is 4. The molecule has 0 radical (unpaired) electrons. The molecule has 0 aromatic heterocycles. The molecule has 2 heterocycles. The number of aliphatic imine (C=N–C) groups is 1. The topological polar surface area (TPSA) is 49.7 Å². The average Bonchev–Trinajstić information content (AvgIpc) is 2.47. The summed E-state index contributed by atoms with van der Waals surface area (Å²) in [5.74, 6) is 0.603. The van der Waals surface area contributed by atoms with Gasteiger partial charge in [-0.2, -0.15) is 0 Å². The van der Waals surface area contributed by atoms with Crippen molar-refractivity contribution in [3.8, 4) is 0 Å². The van der Waals surface area contributed by atoms with Crippen molar-refractivity contribution < 1.29 is 25.4 Å². The molecule has 2 rings (SSSR count). The van der Waals surface area contributed by atoms with Crippen LogP contribution in [-0.4, -0.2) is 55.4 Å². The molecule has 2 saturated heterocycles. The SMILES string of the molecule is CN=C1S[C@@H]2CS(=O)(=O)C[C@@H]2N1C.[Br-]. The zero-order valence-electron chi connectivity index (χ0n) is 7.97. The summed E-state index contributed by atoms with van der Waals surface area (Å²) in [4.78, 5) is 6.10. The molecular weight excluding hydrogens is 288 g/mol. The zero-order chi connectivity index (χ0) is 9.64. The van der Waals surface area contributed by atoms with Crippen LogP contribution in [0.1, 0.15) is 0 Å². The van der Waals surface area contributed by atoms with Gasteiger partial charge in [-0.05, 0) is 0 Å². The smallest absolute Gasteiger partial charge is 0.159 e. The highest BCUT2D eigenvalue weighted by Gasteiger charge is 2.46. The number of rotatable bonds is 0. The molecule has 2 fully saturated rings. The van der Waals surface area contributed by atoms with Gasteiger partial charge in [0.1, 0.15) is 0 Å². The molecule has 0 saturated carbocycles. The van der Waals surface area contributed by atoms with E-state index in [2.05, 4.69) is 4.99 Å². The van der Waals surface area contributed by atoms with E-state index in [9.17, 15) is 8.42 Å². The van der Waals surface area contributed by atoms with Gasteiger partial charge >= 0.3 is 0 Å². The fourth-order valence-electron chi connectivity index (χ4n) is 1.84. The highest BCUT2D eigenvalue weighted by Crippen LogP contribution is 2.36. The third-order valence-corrected chi connectivity index (χ3v) is 5.91. The number of fused-ring (bicyclic) bond motifs is 1. The predicted octanol–water partition coefficient (Wildman–Crippen LogP) is -3.18. The lowest BCUT2D eigenvalue weighted by Gasteiger charge is -2.17. The van der Waals surface area contributed by atoms with Crippen molar-refractivity contribution in [3.05, 3.63) is 0 Å². The maximum absolute atomic E-state index is 11.3. The third-order valence-electron chi connectivity index (χ3n) is 2.52. The zero-order valence-corrected chi connectivity index (χ0v) is 11.2. The first-order valence-corrected chi connectivity index (χ1v) is 6.80. The fraction of sp³-hybridized carbons (Fsp3) is 0.857. The Morgan fingerprint density at radius 1 is 1.50 bits per heavy atom. The van der Waals surface area contributed by atoms with E-state index in [4.69, 9.17) is 0 Å². The van der Waals surface area contributed by atoms with Crippen LogP contribution in [0.3, 0.4) is 0 Å². The number of hydrogen-bond donors (Lipinski definition) is 0. The molecular formula is C7H12BrN2O2S2-. The molecule has 4 nitrogen and oxygen atoms in total. The normalized spacial score (nSPS) is 37.0. The van der Waals surface area contributed by atoms with Gasteiger partial charge in [-0.1, -0.05) is 11.8 Å². The minimum Gasteiger partial charge on any atom is -1.00 e. The summed E-state index contributed by atoms with van der Waals surface area (Å²) in [5, 5.41) is 1.17. The van der Waals surface area contributed by atoms with E-state index in [0.29, 0.717) is 11.5 Å². The Balaban J connectivity index is 0.000000980. The summed E-state index contributed by atoms with van der Waals surface area (Å²) in [6.07, 6.45) is 0. The highest BCUT2D eigenvalue weighted by molar-refractivity contribution is 8.15. The lowest BCUT2D eigenvalue weighted by atomic mass is 10.2. The largest absolute Gasteiger partial charge is 1.00 e. The van der Waals surface area contributed by atoms with Gasteiger partial charge in [0.2, 0.25) is 0 Å². The van der Waals surface area contributed by atoms with Crippen LogP contribution < -0.4 is 17.0 Å². The average molecular weight is 300 g/mol. The maximum atomic E-state index is 11.3. The first kappa shape index (κ1) is 12.3. The summed E-state index contributed by atoms with van der Waals surface area (Å²) >= 11 is 1.59. The van der Waals surface area contributed by atoms with E-state index >= 15 is 0 Å².